The van der Waals surface area contributed by atoms with Crippen molar-refractivity contribution in [3.8, 4) is 5.06 Å². The molecule has 1 aromatic heterocycles. The van der Waals surface area contributed by atoms with Gasteiger partial charge in [-0.05, 0) is 6.08 Å². The van der Waals surface area contributed by atoms with Crippen LogP contribution in [0, 0.1) is 0 Å². The molecule has 0 aliphatic heterocycles. The van der Waals surface area contributed by atoms with Gasteiger partial charge < -0.3 is 5.11 Å². The van der Waals surface area contributed by atoms with Crippen molar-refractivity contribution in [2.24, 2.45) is 0 Å². The number of hydrogen-bond donors (Lipinski definition) is 1. The summed E-state index contributed by atoms with van der Waals surface area (Å²) in [4.78, 5) is 12.0. The van der Waals surface area contributed by atoms with Crippen LogP contribution in [0.4, 0.5) is 0 Å². The average molecular weight is 166 g/mol. The van der Waals surface area contributed by atoms with Gasteiger partial charge in [0.1, 0.15) is 0 Å². The molecule has 0 fully saturated rings. The highest BCUT2D eigenvalue weighted by atomic mass is 32.1. The van der Waals surface area contributed by atoms with Gasteiger partial charge in [0, 0.05) is 22.9 Å². The van der Waals surface area contributed by atoms with Crippen molar-refractivity contribution in [1.82, 2.24) is 0 Å². The topological polar surface area (TPSA) is 37.3 Å². The Morgan fingerprint density at radius 1 is 1.55 bits per heavy atom. The smallest absolute Gasteiger partial charge is 0.172 e. The van der Waals surface area contributed by atoms with Crippen LogP contribution in [0.5, 0.6) is 5.06 Å². The van der Waals surface area contributed by atoms with E-state index in [1.807, 2.05) is 12.2 Å². The maximum absolute atomic E-state index is 11.1. The van der Waals surface area contributed by atoms with Gasteiger partial charge in [-0.1, -0.05) is 17.4 Å². The number of fused-ring (bicyclic) bond motifs is 1. The minimum atomic E-state index is 0.0963. The maximum atomic E-state index is 11.1. The predicted octanol–water partition coefficient (Wildman–Crippen LogP) is 2.05. The van der Waals surface area contributed by atoms with E-state index in [0.717, 1.165) is 4.88 Å². The highest BCUT2D eigenvalue weighted by molar-refractivity contribution is 7.15. The van der Waals surface area contributed by atoms with Crippen LogP contribution in [-0.2, 0) is 0 Å². The van der Waals surface area contributed by atoms with Crippen LogP contribution >= 0.6 is 11.3 Å². The Hall–Kier alpha value is -1.09. The van der Waals surface area contributed by atoms with Crippen LogP contribution < -0.4 is 0 Å². The van der Waals surface area contributed by atoms with E-state index in [4.69, 9.17) is 5.11 Å². The zero-order valence-electron chi connectivity index (χ0n) is 5.70. The molecule has 2 nitrogen and oxygen atoms in total. The van der Waals surface area contributed by atoms with Gasteiger partial charge in [-0.15, -0.1) is 0 Å². The molecule has 56 valence electrons. The van der Waals surface area contributed by atoms with Gasteiger partial charge in [0.2, 0.25) is 0 Å². The first-order valence-electron chi connectivity index (χ1n) is 3.30. The van der Waals surface area contributed by atoms with Crippen molar-refractivity contribution in [1.29, 1.82) is 0 Å². The molecule has 1 heterocycles. The summed E-state index contributed by atoms with van der Waals surface area (Å²) in [6, 6.07) is 1.53. The number of Topliss-reactive ketones (excluding diaryl/α,β-unsaturated/α-hetero) is 1. The van der Waals surface area contributed by atoms with Crippen molar-refractivity contribution in [2.75, 3.05) is 0 Å². The molecule has 1 N–H and O–H groups in total. The predicted molar refractivity (Wildman–Crippen MR) is 44.0 cm³/mol. The number of carbonyl (C=O) groups is 1. The van der Waals surface area contributed by atoms with E-state index in [-0.39, 0.29) is 10.8 Å². The molecule has 11 heavy (non-hydrogen) atoms. The minimum Gasteiger partial charge on any atom is -0.499 e. The molecule has 0 bridgehead atoms. The molecular weight excluding hydrogens is 160 g/mol. The molecule has 1 aliphatic carbocycles. The summed E-state index contributed by atoms with van der Waals surface area (Å²) in [5.41, 5.74) is 0.662. The molecule has 1 aromatic rings. The molecule has 3 heteroatoms. The summed E-state index contributed by atoms with van der Waals surface area (Å²) in [6.45, 7) is 0. The number of rotatable bonds is 0. The van der Waals surface area contributed by atoms with Gasteiger partial charge in [-0.3, -0.25) is 4.79 Å². The van der Waals surface area contributed by atoms with Crippen LogP contribution in [-0.4, -0.2) is 10.9 Å². The number of carbonyl (C=O) groups excluding carboxylic acids is 1. The van der Waals surface area contributed by atoms with Crippen molar-refractivity contribution >= 4 is 23.2 Å². The first-order chi connectivity index (χ1) is 5.27. The van der Waals surface area contributed by atoms with Crippen LogP contribution in [0.2, 0.25) is 0 Å². The lowest BCUT2D eigenvalue weighted by atomic mass is 10.0. The third-order valence-corrected chi connectivity index (χ3v) is 2.52. The highest BCUT2D eigenvalue weighted by Gasteiger charge is 2.15. The fourth-order valence-corrected chi connectivity index (χ4v) is 1.97. The van der Waals surface area contributed by atoms with Crippen molar-refractivity contribution in [2.45, 2.75) is 6.42 Å². The van der Waals surface area contributed by atoms with E-state index < -0.39 is 0 Å². The fourth-order valence-electron chi connectivity index (χ4n) is 1.12. The Morgan fingerprint density at radius 2 is 2.36 bits per heavy atom. The monoisotopic (exact) mass is 166 g/mol. The van der Waals surface area contributed by atoms with Crippen molar-refractivity contribution in [3.05, 3.63) is 22.6 Å². The molecule has 0 atom stereocenters. The van der Waals surface area contributed by atoms with Gasteiger partial charge in [-0.2, -0.15) is 0 Å². The van der Waals surface area contributed by atoms with Gasteiger partial charge in [0.25, 0.3) is 0 Å². The third kappa shape index (κ3) is 0.973. The Bertz CT molecular complexity index is 336. The molecule has 0 saturated heterocycles. The molecule has 0 saturated carbocycles. The molecule has 1 aliphatic rings. The lowest BCUT2D eigenvalue weighted by Crippen LogP contribution is -1.99. The first-order valence-corrected chi connectivity index (χ1v) is 4.11. The maximum Gasteiger partial charge on any atom is 0.172 e. The fraction of sp³-hybridized carbons (Fsp3) is 0.125. The largest absolute Gasteiger partial charge is 0.499 e. The molecule has 0 radical (unpaired) electrons. The molecule has 0 aromatic carbocycles. The van der Waals surface area contributed by atoms with Crippen molar-refractivity contribution in [3.63, 3.8) is 0 Å². The molecule has 2 rings (SSSR count). The number of aromatic hydroxyl groups is 1. The summed E-state index contributed by atoms with van der Waals surface area (Å²) in [6.07, 6.45) is 4.16. The molecule has 0 unspecified atom stereocenters. The van der Waals surface area contributed by atoms with E-state index in [1.165, 1.54) is 17.4 Å². The SMILES string of the molecule is O=C1CC=Cc2sc(O)cc21. The molecular formula is C8H6O2S. The van der Waals surface area contributed by atoms with Crippen molar-refractivity contribution < 1.29 is 9.90 Å². The molecule has 0 spiro atoms. The second kappa shape index (κ2) is 2.20. The van der Waals surface area contributed by atoms with Gasteiger partial charge >= 0.3 is 0 Å². The van der Waals surface area contributed by atoms with Gasteiger partial charge in [0.05, 0.1) is 0 Å². The quantitative estimate of drug-likeness (QED) is 0.640. The number of thiophene rings is 1. The lowest BCUT2D eigenvalue weighted by molar-refractivity contribution is 0.0995. The number of allylic oxidation sites excluding steroid dienone is 1. The van der Waals surface area contributed by atoms with Crippen LogP contribution in [0.3, 0.4) is 0 Å². The Labute approximate surface area is 67.8 Å². The number of ketones is 1. The normalized spacial score (nSPS) is 15.1. The standard InChI is InChI=1S/C8H6O2S/c9-6-2-1-3-7-5(6)4-8(10)11-7/h1,3-4,10H,2H2. The summed E-state index contributed by atoms with van der Waals surface area (Å²) in [7, 11) is 0. The van der Waals surface area contributed by atoms with Crippen LogP contribution in [0.1, 0.15) is 21.7 Å². The summed E-state index contributed by atoms with van der Waals surface area (Å²) < 4.78 is 0. The van der Waals surface area contributed by atoms with E-state index in [0.29, 0.717) is 12.0 Å². The van der Waals surface area contributed by atoms with E-state index >= 15 is 0 Å². The zero-order valence-corrected chi connectivity index (χ0v) is 6.52. The number of hydrogen-bond acceptors (Lipinski definition) is 3. The summed E-state index contributed by atoms with van der Waals surface area (Å²) in [5.74, 6) is 0.0963. The van der Waals surface area contributed by atoms with E-state index in [9.17, 15) is 4.79 Å². The van der Waals surface area contributed by atoms with Gasteiger partial charge in [-0.25, -0.2) is 0 Å². The average Bonchev–Trinajstić information content (AvgIpc) is 2.31. The Kier molecular flexibility index (Phi) is 1.32. The minimum absolute atomic E-state index is 0.0963. The second-order valence-electron chi connectivity index (χ2n) is 2.39. The van der Waals surface area contributed by atoms with E-state index in [2.05, 4.69) is 0 Å². The second-order valence-corrected chi connectivity index (χ2v) is 3.45. The molecule has 0 amide bonds. The zero-order chi connectivity index (χ0) is 7.84. The Morgan fingerprint density at radius 3 is 3.09 bits per heavy atom. The first kappa shape index (κ1) is 6.61. The van der Waals surface area contributed by atoms with Gasteiger partial charge in [0.15, 0.2) is 10.8 Å². The van der Waals surface area contributed by atoms with Crippen LogP contribution in [0.25, 0.3) is 6.08 Å². The Balaban J connectivity index is 2.62. The highest BCUT2D eigenvalue weighted by Crippen LogP contribution is 2.32. The van der Waals surface area contributed by atoms with E-state index in [1.54, 1.807) is 0 Å². The third-order valence-electron chi connectivity index (χ3n) is 1.62. The summed E-state index contributed by atoms with van der Waals surface area (Å²) in [5, 5.41) is 9.29. The lowest BCUT2D eigenvalue weighted by Gasteiger charge is -2.00. The summed E-state index contributed by atoms with van der Waals surface area (Å²) >= 11 is 1.24. The van der Waals surface area contributed by atoms with Crippen LogP contribution in [0.15, 0.2) is 12.1 Å².